The Kier molecular flexibility index (Phi) is 3.90. The molecule has 0 aliphatic rings. The summed E-state index contributed by atoms with van der Waals surface area (Å²) in [5.74, 6) is -0.0903. The van der Waals surface area contributed by atoms with Crippen LogP contribution in [0.3, 0.4) is 0 Å². The van der Waals surface area contributed by atoms with Crippen LogP contribution in [-0.2, 0) is 12.8 Å². The Morgan fingerprint density at radius 2 is 2.15 bits per heavy atom. The Balaban J connectivity index is 2.78. The van der Waals surface area contributed by atoms with Crippen molar-refractivity contribution in [2.24, 2.45) is 0 Å². The van der Waals surface area contributed by atoms with Crippen molar-refractivity contribution in [1.29, 1.82) is 0 Å². The van der Waals surface area contributed by atoms with Crippen LogP contribution in [-0.4, -0.2) is 13.6 Å². The molecule has 0 bridgehead atoms. The highest BCUT2D eigenvalue weighted by Crippen LogP contribution is 2.11. The quantitative estimate of drug-likeness (QED) is 0.750. The maximum absolute atomic E-state index is 13.2. The Hall–Kier alpha value is -0.890. The van der Waals surface area contributed by atoms with Crippen molar-refractivity contribution in [3.63, 3.8) is 0 Å². The Labute approximate surface area is 79.0 Å². The normalized spacial score (nSPS) is 10.4. The Bertz CT molecular complexity index is 271. The van der Waals surface area contributed by atoms with Gasteiger partial charge in [0, 0.05) is 0 Å². The van der Waals surface area contributed by atoms with Crippen LogP contribution in [0.2, 0.25) is 0 Å². The minimum Gasteiger partial charge on any atom is -0.319 e. The summed E-state index contributed by atoms with van der Waals surface area (Å²) >= 11 is 0. The number of aryl methyl sites for hydroxylation is 1. The first kappa shape index (κ1) is 10.2. The lowest BCUT2D eigenvalue weighted by atomic mass is 10.1. The zero-order chi connectivity index (χ0) is 9.68. The summed E-state index contributed by atoms with van der Waals surface area (Å²) in [6, 6.07) is 5.36. The second-order valence-electron chi connectivity index (χ2n) is 3.13. The van der Waals surface area contributed by atoms with E-state index >= 15 is 0 Å². The van der Waals surface area contributed by atoms with Gasteiger partial charge < -0.3 is 5.32 Å². The molecule has 1 N–H and O–H groups in total. The van der Waals surface area contributed by atoms with Crippen LogP contribution in [0.4, 0.5) is 4.39 Å². The van der Waals surface area contributed by atoms with Crippen LogP contribution < -0.4 is 5.32 Å². The number of nitrogens with one attached hydrogen (secondary N) is 1. The van der Waals surface area contributed by atoms with Gasteiger partial charge in [0.15, 0.2) is 0 Å². The summed E-state index contributed by atoms with van der Waals surface area (Å²) in [4.78, 5) is 0. The lowest BCUT2D eigenvalue weighted by molar-refractivity contribution is 0.604. The van der Waals surface area contributed by atoms with Gasteiger partial charge in [0.05, 0.1) is 0 Å². The fraction of sp³-hybridized carbons (Fsp3) is 0.455. The summed E-state index contributed by atoms with van der Waals surface area (Å²) in [7, 11) is 1.88. The minimum absolute atomic E-state index is 0.0903. The molecule has 0 saturated carbocycles. The van der Waals surface area contributed by atoms with E-state index in [1.165, 1.54) is 5.56 Å². The topological polar surface area (TPSA) is 12.0 Å². The van der Waals surface area contributed by atoms with E-state index in [2.05, 4.69) is 12.2 Å². The molecule has 0 fully saturated rings. The molecule has 0 amide bonds. The molecule has 1 aromatic carbocycles. The largest absolute Gasteiger partial charge is 0.319 e. The minimum atomic E-state index is -0.0903. The first-order chi connectivity index (χ1) is 6.27. The van der Waals surface area contributed by atoms with Gasteiger partial charge in [-0.1, -0.05) is 19.1 Å². The first-order valence-electron chi connectivity index (χ1n) is 4.69. The molecule has 0 radical (unpaired) electrons. The second kappa shape index (κ2) is 4.97. The van der Waals surface area contributed by atoms with Crippen molar-refractivity contribution in [3.05, 3.63) is 35.1 Å². The Morgan fingerprint density at radius 1 is 1.38 bits per heavy atom. The van der Waals surface area contributed by atoms with E-state index in [1.54, 1.807) is 6.07 Å². The zero-order valence-corrected chi connectivity index (χ0v) is 8.23. The van der Waals surface area contributed by atoms with E-state index in [0.717, 1.165) is 24.9 Å². The predicted molar refractivity (Wildman–Crippen MR) is 53.4 cm³/mol. The van der Waals surface area contributed by atoms with Gasteiger partial charge in [-0.25, -0.2) is 4.39 Å². The molecule has 13 heavy (non-hydrogen) atoms. The molecule has 1 aromatic rings. The summed E-state index contributed by atoms with van der Waals surface area (Å²) in [5.41, 5.74) is 2.02. The molecule has 2 heteroatoms. The molecule has 0 saturated heterocycles. The van der Waals surface area contributed by atoms with E-state index in [9.17, 15) is 4.39 Å². The van der Waals surface area contributed by atoms with Gasteiger partial charge in [0.2, 0.25) is 0 Å². The molecule has 0 heterocycles. The molecular weight excluding hydrogens is 165 g/mol. The number of likely N-dealkylation sites (N-methyl/N-ethyl adjacent to an activating group) is 1. The number of benzene rings is 1. The predicted octanol–water partition coefficient (Wildman–Crippen LogP) is 2.15. The van der Waals surface area contributed by atoms with E-state index in [4.69, 9.17) is 0 Å². The van der Waals surface area contributed by atoms with E-state index in [-0.39, 0.29) is 5.82 Å². The van der Waals surface area contributed by atoms with Gasteiger partial charge in [0.1, 0.15) is 5.82 Å². The lowest BCUT2D eigenvalue weighted by Gasteiger charge is -2.04. The van der Waals surface area contributed by atoms with Crippen LogP contribution in [0.25, 0.3) is 0 Å². The van der Waals surface area contributed by atoms with E-state index < -0.39 is 0 Å². The van der Waals surface area contributed by atoms with Crippen molar-refractivity contribution in [2.45, 2.75) is 19.8 Å². The first-order valence-corrected chi connectivity index (χ1v) is 4.69. The summed E-state index contributed by atoms with van der Waals surface area (Å²) < 4.78 is 13.2. The van der Waals surface area contributed by atoms with Crippen molar-refractivity contribution in [3.8, 4) is 0 Å². The van der Waals surface area contributed by atoms with E-state index in [0.29, 0.717) is 0 Å². The highest BCUT2D eigenvalue weighted by molar-refractivity contribution is 5.25. The number of hydrogen-bond donors (Lipinski definition) is 1. The third kappa shape index (κ3) is 2.81. The molecule has 0 spiro atoms. The lowest BCUT2D eigenvalue weighted by Crippen LogP contribution is -2.11. The highest BCUT2D eigenvalue weighted by Gasteiger charge is 2.01. The average Bonchev–Trinajstić information content (AvgIpc) is 2.17. The van der Waals surface area contributed by atoms with Gasteiger partial charge in [-0.05, 0) is 43.6 Å². The highest BCUT2D eigenvalue weighted by atomic mass is 19.1. The number of halogens is 1. The van der Waals surface area contributed by atoms with Crippen LogP contribution in [0, 0.1) is 5.82 Å². The van der Waals surface area contributed by atoms with Crippen LogP contribution in [0.5, 0.6) is 0 Å². The van der Waals surface area contributed by atoms with Crippen molar-refractivity contribution in [1.82, 2.24) is 5.32 Å². The monoisotopic (exact) mass is 181 g/mol. The summed E-state index contributed by atoms with van der Waals surface area (Å²) in [6.45, 7) is 2.90. The van der Waals surface area contributed by atoms with Crippen LogP contribution in [0.1, 0.15) is 18.1 Å². The molecule has 72 valence electrons. The third-order valence-corrected chi connectivity index (χ3v) is 2.16. The van der Waals surface area contributed by atoms with Gasteiger partial charge in [-0.2, -0.15) is 0 Å². The van der Waals surface area contributed by atoms with Gasteiger partial charge >= 0.3 is 0 Å². The summed E-state index contributed by atoms with van der Waals surface area (Å²) in [6.07, 6.45) is 1.73. The summed E-state index contributed by atoms with van der Waals surface area (Å²) in [5, 5.41) is 3.01. The molecule has 0 aliphatic heterocycles. The fourth-order valence-electron chi connectivity index (χ4n) is 1.30. The maximum Gasteiger partial charge on any atom is 0.126 e. The molecule has 0 aromatic heterocycles. The molecule has 1 rings (SSSR count). The van der Waals surface area contributed by atoms with Crippen LogP contribution >= 0.6 is 0 Å². The molecule has 0 aliphatic carbocycles. The number of hydrogen-bond acceptors (Lipinski definition) is 1. The second-order valence-corrected chi connectivity index (χ2v) is 3.13. The molecular formula is C11H16FN. The fourth-order valence-corrected chi connectivity index (χ4v) is 1.30. The molecule has 1 nitrogen and oxygen atoms in total. The van der Waals surface area contributed by atoms with E-state index in [1.807, 2.05) is 19.2 Å². The van der Waals surface area contributed by atoms with Crippen molar-refractivity contribution in [2.75, 3.05) is 13.6 Å². The van der Waals surface area contributed by atoms with Crippen molar-refractivity contribution < 1.29 is 4.39 Å². The van der Waals surface area contributed by atoms with Crippen molar-refractivity contribution >= 4 is 0 Å². The van der Waals surface area contributed by atoms with Gasteiger partial charge in [-0.15, -0.1) is 0 Å². The SMILES string of the molecule is CCc1ccc(F)c(CCNC)c1. The molecule has 0 unspecified atom stereocenters. The van der Waals surface area contributed by atoms with Crippen LogP contribution in [0.15, 0.2) is 18.2 Å². The molecule has 0 atom stereocenters. The van der Waals surface area contributed by atoms with Gasteiger partial charge in [-0.3, -0.25) is 0 Å². The smallest absolute Gasteiger partial charge is 0.126 e. The number of rotatable bonds is 4. The van der Waals surface area contributed by atoms with Gasteiger partial charge in [0.25, 0.3) is 0 Å². The standard InChI is InChI=1S/C11H16FN/c1-3-9-4-5-11(12)10(8-9)6-7-13-2/h4-5,8,13H,3,6-7H2,1-2H3. The zero-order valence-electron chi connectivity index (χ0n) is 8.23. The third-order valence-electron chi connectivity index (χ3n) is 2.16. The average molecular weight is 181 g/mol. The maximum atomic E-state index is 13.2. The Morgan fingerprint density at radius 3 is 2.77 bits per heavy atom.